The molecule has 0 spiro atoms. The first kappa shape index (κ1) is 18.0. The van der Waals surface area contributed by atoms with Crippen molar-refractivity contribution in [1.29, 1.82) is 0 Å². The van der Waals surface area contributed by atoms with Crippen LogP contribution in [-0.2, 0) is 11.8 Å². The Balaban J connectivity index is 1.90. The highest BCUT2D eigenvalue weighted by Crippen LogP contribution is 2.39. The van der Waals surface area contributed by atoms with Gasteiger partial charge in [0.15, 0.2) is 0 Å². The SMILES string of the molecule is CC(CF)(CC(O)(Cc1cc2ccccc2[nH]1)C(F)F)c1ccsc1. The minimum absolute atomic E-state index is 0.265. The van der Waals surface area contributed by atoms with Crippen molar-refractivity contribution >= 4 is 22.2 Å². The number of rotatable bonds is 7. The van der Waals surface area contributed by atoms with Gasteiger partial charge in [-0.1, -0.05) is 25.1 Å². The van der Waals surface area contributed by atoms with Crippen molar-refractivity contribution in [2.45, 2.75) is 37.2 Å². The number of thiophene rings is 1. The van der Waals surface area contributed by atoms with E-state index in [0.717, 1.165) is 10.9 Å². The summed E-state index contributed by atoms with van der Waals surface area (Å²) in [5.74, 6) is 0. The fourth-order valence-corrected chi connectivity index (χ4v) is 4.10. The molecular formula is C19H20F3NOS. The fourth-order valence-electron chi connectivity index (χ4n) is 3.29. The second-order valence-corrected chi connectivity index (χ2v) is 7.63. The van der Waals surface area contributed by atoms with E-state index in [1.54, 1.807) is 29.8 Å². The molecule has 0 fully saturated rings. The van der Waals surface area contributed by atoms with E-state index in [-0.39, 0.29) is 12.8 Å². The minimum Gasteiger partial charge on any atom is -0.383 e. The van der Waals surface area contributed by atoms with E-state index < -0.39 is 24.1 Å². The molecule has 0 aliphatic heterocycles. The van der Waals surface area contributed by atoms with Crippen LogP contribution in [-0.4, -0.2) is 28.8 Å². The van der Waals surface area contributed by atoms with Gasteiger partial charge in [-0.3, -0.25) is 4.39 Å². The number of hydrogen-bond donors (Lipinski definition) is 2. The summed E-state index contributed by atoms with van der Waals surface area (Å²) in [6.45, 7) is 0.763. The second kappa shape index (κ2) is 6.84. The Morgan fingerprint density at radius 2 is 2.00 bits per heavy atom. The number of para-hydroxylation sites is 1. The molecule has 2 N–H and O–H groups in total. The first-order valence-electron chi connectivity index (χ1n) is 8.02. The summed E-state index contributed by atoms with van der Waals surface area (Å²) in [7, 11) is 0. The first-order valence-corrected chi connectivity index (χ1v) is 8.96. The maximum absolute atomic E-state index is 13.7. The first-order chi connectivity index (χ1) is 11.9. The Hall–Kier alpha value is -1.79. The van der Waals surface area contributed by atoms with Crippen LogP contribution < -0.4 is 0 Å². The van der Waals surface area contributed by atoms with Gasteiger partial charge in [-0.15, -0.1) is 0 Å². The average molecular weight is 367 g/mol. The number of benzene rings is 1. The van der Waals surface area contributed by atoms with E-state index in [0.29, 0.717) is 11.3 Å². The number of nitrogens with one attached hydrogen (secondary N) is 1. The summed E-state index contributed by atoms with van der Waals surface area (Å²) in [5, 5.41) is 15.1. The van der Waals surface area contributed by atoms with Crippen molar-refractivity contribution in [3.8, 4) is 0 Å². The van der Waals surface area contributed by atoms with Crippen LogP contribution in [0.2, 0.25) is 0 Å². The van der Waals surface area contributed by atoms with E-state index in [2.05, 4.69) is 4.98 Å². The van der Waals surface area contributed by atoms with E-state index in [1.165, 1.54) is 11.3 Å². The van der Waals surface area contributed by atoms with Crippen molar-refractivity contribution in [2.75, 3.05) is 6.67 Å². The quantitative estimate of drug-likeness (QED) is 0.600. The van der Waals surface area contributed by atoms with Crippen LogP contribution in [0.5, 0.6) is 0 Å². The zero-order chi connectivity index (χ0) is 18.1. The van der Waals surface area contributed by atoms with Crippen LogP contribution in [0, 0.1) is 0 Å². The molecule has 3 rings (SSSR count). The van der Waals surface area contributed by atoms with Crippen LogP contribution in [0.25, 0.3) is 10.9 Å². The predicted molar refractivity (Wildman–Crippen MR) is 95.2 cm³/mol. The number of aromatic nitrogens is 1. The number of halogens is 3. The highest BCUT2D eigenvalue weighted by Gasteiger charge is 2.45. The molecule has 0 bridgehead atoms. The molecule has 134 valence electrons. The third-order valence-electron chi connectivity index (χ3n) is 4.70. The number of aromatic amines is 1. The van der Waals surface area contributed by atoms with E-state index in [9.17, 15) is 18.3 Å². The van der Waals surface area contributed by atoms with Crippen molar-refractivity contribution in [1.82, 2.24) is 4.98 Å². The van der Waals surface area contributed by atoms with Crippen LogP contribution in [0.1, 0.15) is 24.6 Å². The van der Waals surface area contributed by atoms with Crippen molar-refractivity contribution in [3.63, 3.8) is 0 Å². The lowest BCUT2D eigenvalue weighted by atomic mass is 9.74. The Bertz CT molecular complexity index is 799. The smallest absolute Gasteiger partial charge is 0.267 e. The molecule has 0 radical (unpaired) electrons. The molecule has 1 aromatic carbocycles. The van der Waals surface area contributed by atoms with Gasteiger partial charge in [0.25, 0.3) is 6.43 Å². The molecule has 2 aromatic heterocycles. The highest BCUT2D eigenvalue weighted by atomic mass is 32.1. The predicted octanol–water partition coefficient (Wildman–Crippen LogP) is 5.09. The number of hydrogen-bond acceptors (Lipinski definition) is 2. The molecule has 2 atom stereocenters. The summed E-state index contributed by atoms with van der Waals surface area (Å²) in [5.41, 5.74) is -1.51. The summed E-state index contributed by atoms with van der Waals surface area (Å²) in [6.07, 6.45) is -3.61. The topological polar surface area (TPSA) is 36.0 Å². The van der Waals surface area contributed by atoms with Crippen LogP contribution in [0.15, 0.2) is 47.2 Å². The Morgan fingerprint density at radius 1 is 1.24 bits per heavy atom. The molecule has 25 heavy (non-hydrogen) atoms. The van der Waals surface area contributed by atoms with Gasteiger partial charge in [-0.05, 0) is 46.3 Å². The second-order valence-electron chi connectivity index (χ2n) is 6.85. The Labute approximate surface area is 148 Å². The van der Waals surface area contributed by atoms with Crippen molar-refractivity contribution in [2.24, 2.45) is 0 Å². The normalized spacial score (nSPS) is 16.9. The lowest BCUT2D eigenvalue weighted by Gasteiger charge is -2.36. The summed E-state index contributed by atoms with van der Waals surface area (Å²) >= 11 is 1.38. The molecule has 6 heteroatoms. The molecule has 0 amide bonds. The summed E-state index contributed by atoms with van der Waals surface area (Å²) in [4.78, 5) is 3.06. The van der Waals surface area contributed by atoms with Crippen LogP contribution in [0.3, 0.4) is 0 Å². The van der Waals surface area contributed by atoms with Gasteiger partial charge in [0.1, 0.15) is 5.60 Å². The fraction of sp³-hybridized carbons (Fsp3) is 0.368. The Morgan fingerprint density at radius 3 is 2.60 bits per heavy atom. The number of fused-ring (bicyclic) bond motifs is 1. The standard InChI is InChI=1S/C19H20F3NOS/c1-18(12-20,14-6-7-25-10-14)11-19(24,17(21)22)9-15-8-13-4-2-3-5-16(13)23-15/h2-8,10,17,23-24H,9,11-12H2,1H3. The van der Waals surface area contributed by atoms with Gasteiger partial charge in [-0.25, -0.2) is 8.78 Å². The van der Waals surface area contributed by atoms with Gasteiger partial charge in [0, 0.05) is 23.0 Å². The van der Waals surface area contributed by atoms with Gasteiger partial charge in [0.05, 0.1) is 6.67 Å². The van der Waals surface area contributed by atoms with E-state index >= 15 is 0 Å². The minimum atomic E-state index is -2.98. The third kappa shape index (κ3) is 3.60. The van der Waals surface area contributed by atoms with Crippen LogP contribution in [0.4, 0.5) is 13.2 Å². The maximum atomic E-state index is 13.7. The molecule has 2 unspecified atom stereocenters. The summed E-state index contributed by atoms with van der Waals surface area (Å²) in [6, 6.07) is 10.9. The maximum Gasteiger partial charge on any atom is 0.267 e. The lowest BCUT2D eigenvalue weighted by molar-refractivity contribution is -0.113. The monoisotopic (exact) mass is 367 g/mol. The summed E-state index contributed by atoms with van der Waals surface area (Å²) < 4.78 is 41.2. The molecule has 0 saturated heterocycles. The highest BCUT2D eigenvalue weighted by molar-refractivity contribution is 7.08. The lowest BCUT2D eigenvalue weighted by Crippen LogP contribution is -2.46. The zero-order valence-electron chi connectivity index (χ0n) is 13.8. The van der Waals surface area contributed by atoms with E-state index in [4.69, 9.17) is 0 Å². The van der Waals surface area contributed by atoms with Gasteiger partial charge in [-0.2, -0.15) is 11.3 Å². The molecule has 3 aromatic rings. The van der Waals surface area contributed by atoms with Crippen LogP contribution >= 0.6 is 11.3 Å². The third-order valence-corrected chi connectivity index (χ3v) is 5.38. The number of H-pyrrole nitrogens is 1. The Kier molecular flexibility index (Phi) is 4.93. The van der Waals surface area contributed by atoms with Gasteiger partial charge < -0.3 is 10.1 Å². The van der Waals surface area contributed by atoms with Crippen molar-refractivity contribution in [3.05, 3.63) is 58.4 Å². The number of alkyl halides is 3. The number of aliphatic hydroxyl groups is 1. The molecule has 2 heterocycles. The zero-order valence-corrected chi connectivity index (χ0v) is 14.6. The molecule has 0 aliphatic rings. The molecule has 2 nitrogen and oxygen atoms in total. The largest absolute Gasteiger partial charge is 0.383 e. The molecule has 0 aliphatic carbocycles. The molecular weight excluding hydrogens is 347 g/mol. The van der Waals surface area contributed by atoms with Crippen molar-refractivity contribution < 1.29 is 18.3 Å². The average Bonchev–Trinajstić information content (AvgIpc) is 3.23. The van der Waals surface area contributed by atoms with Gasteiger partial charge >= 0.3 is 0 Å². The van der Waals surface area contributed by atoms with Gasteiger partial charge in [0.2, 0.25) is 0 Å². The molecule has 0 saturated carbocycles. The van der Waals surface area contributed by atoms with E-state index in [1.807, 2.05) is 24.3 Å².